The van der Waals surface area contributed by atoms with Gasteiger partial charge in [0, 0.05) is 32.5 Å². The van der Waals surface area contributed by atoms with Gasteiger partial charge in [0.05, 0.1) is 12.8 Å². The highest BCUT2D eigenvalue weighted by Gasteiger charge is 2.01. The largest absolute Gasteiger partial charge is 0.468 e. The molecule has 0 aliphatic rings. The fraction of sp³-hybridized carbons (Fsp3) is 0.333. The molecular formula is C12H15N3O3. The third kappa shape index (κ3) is 2.78. The fourth-order valence-corrected chi connectivity index (χ4v) is 1.59. The van der Waals surface area contributed by atoms with Gasteiger partial charge < -0.3 is 18.9 Å². The van der Waals surface area contributed by atoms with E-state index in [1.54, 1.807) is 25.7 Å². The van der Waals surface area contributed by atoms with E-state index in [9.17, 15) is 9.59 Å². The Bertz CT molecular complexity index is 610. The molecular weight excluding hydrogens is 234 g/mol. The van der Waals surface area contributed by atoms with Gasteiger partial charge in [0.2, 0.25) is 0 Å². The number of aromatic nitrogens is 2. The molecule has 0 aliphatic heterocycles. The van der Waals surface area contributed by atoms with Crippen molar-refractivity contribution in [1.29, 1.82) is 0 Å². The first-order valence-electron chi connectivity index (χ1n) is 5.67. The highest BCUT2D eigenvalue weighted by Crippen LogP contribution is 1.97. The summed E-state index contributed by atoms with van der Waals surface area (Å²) >= 11 is 0. The van der Waals surface area contributed by atoms with Crippen LogP contribution in [0.5, 0.6) is 0 Å². The number of aryl methyl sites for hydroxylation is 1. The second-order valence-electron chi connectivity index (χ2n) is 3.97. The van der Waals surface area contributed by atoms with E-state index in [1.165, 1.54) is 9.13 Å². The van der Waals surface area contributed by atoms with Crippen LogP contribution in [-0.4, -0.2) is 15.7 Å². The number of furan rings is 1. The lowest BCUT2D eigenvalue weighted by atomic mass is 10.4. The first-order valence-corrected chi connectivity index (χ1v) is 5.67. The van der Waals surface area contributed by atoms with Crippen LogP contribution in [0.1, 0.15) is 5.76 Å². The molecule has 0 atom stereocenters. The van der Waals surface area contributed by atoms with Crippen LogP contribution in [0.15, 0.2) is 44.8 Å². The predicted molar refractivity (Wildman–Crippen MR) is 66.4 cm³/mol. The van der Waals surface area contributed by atoms with E-state index in [0.717, 1.165) is 5.76 Å². The zero-order chi connectivity index (χ0) is 13.0. The van der Waals surface area contributed by atoms with E-state index in [-0.39, 0.29) is 0 Å². The van der Waals surface area contributed by atoms with Crippen LogP contribution in [0, 0.1) is 0 Å². The quantitative estimate of drug-likeness (QED) is 0.595. The second-order valence-corrected chi connectivity index (χ2v) is 3.97. The molecule has 0 aliphatic carbocycles. The van der Waals surface area contributed by atoms with E-state index in [4.69, 9.17) is 4.42 Å². The zero-order valence-corrected chi connectivity index (χ0v) is 10.1. The van der Waals surface area contributed by atoms with Gasteiger partial charge in [-0.25, -0.2) is 0 Å². The Labute approximate surface area is 103 Å². The van der Waals surface area contributed by atoms with Gasteiger partial charge in [-0.05, 0) is 12.1 Å². The zero-order valence-electron chi connectivity index (χ0n) is 10.1. The molecule has 6 nitrogen and oxygen atoms in total. The topological polar surface area (TPSA) is 69.2 Å². The van der Waals surface area contributed by atoms with E-state index in [0.29, 0.717) is 19.6 Å². The standard InChI is InChI=1S/C12H15N3O3/c1-14-6-7-15(12(17)11(14)16)5-4-13-9-10-3-2-8-18-10/h2-3,6-8,13H,4-5,9H2,1H3. The van der Waals surface area contributed by atoms with Gasteiger partial charge >= 0.3 is 11.1 Å². The minimum absolute atomic E-state index is 0.454. The summed E-state index contributed by atoms with van der Waals surface area (Å²) in [4.78, 5) is 23.0. The maximum atomic E-state index is 11.6. The normalized spacial score (nSPS) is 10.7. The third-order valence-corrected chi connectivity index (χ3v) is 2.64. The molecule has 2 heterocycles. The number of nitrogens with zero attached hydrogens (tertiary/aromatic N) is 2. The summed E-state index contributed by atoms with van der Waals surface area (Å²) in [6, 6.07) is 3.69. The fourth-order valence-electron chi connectivity index (χ4n) is 1.59. The molecule has 0 spiro atoms. The number of rotatable bonds is 5. The van der Waals surface area contributed by atoms with Crippen molar-refractivity contribution < 1.29 is 4.42 Å². The molecule has 0 radical (unpaired) electrons. The Balaban J connectivity index is 1.89. The van der Waals surface area contributed by atoms with Crippen LogP contribution in [-0.2, 0) is 20.1 Å². The lowest BCUT2D eigenvalue weighted by Crippen LogP contribution is -2.40. The summed E-state index contributed by atoms with van der Waals surface area (Å²) in [5, 5.41) is 3.14. The first-order chi connectivity index (χ1) is 8.68. The van der Waals surface area contributed by atoms with Crippen molar-refractivity contribution >= 4 is 0 Å². The molecule has 0 saturated heterocycles. The minimum atomic E-state index is -0.511. The Morgan fingerprint density at radius 2 is 2.11 bits per heavy atom. The Kier molecular flexibility index (Phi) is 3.78. The lowest BCUT2D eigenvalue weighted by molar-refractivity contribution is 0.473. The number of hydrogen-bond donors (Lipinski definition) is 1. The van der Waals surface area contributed by atoms with Gasteiger partial charge in [0.25, 0.3) is 0 Å². The highest BCUT2D eigenvalue weighted by molar-refractivity contribution is 4.97. The smallest absolute Gasteiger partial charge is 0.316 e. The van der Waals surface area contributed by atoms with Gasteiger partial charge in [-0.1, -0.05) is 0 Å². The monoisotopic (exact) mass is 249 g/mol. The molecule has 0 bridgehead atoms. The first kappa shape index (κ1) is 12.4. The molecule has 96 valence electrons. The van der Waals surface area contributed by atoms with Crippen LogP contribution in [0.3, 0.4) is 0 Å². The maximum Gasteiger partial charge on any atom is 0.316 e. The van der Waals surface area contributed by atoms with Crippen molar-refractivity contribution in [3.8, 4) is 0 Å². The number of nitrogens with one attached hydrogen (secondary N) is 1. The third-order valence-electron chi connectivity index (χ3n) is 2.64. The van der Waals surface area contributed by atoms with E-state index < -0.39 is 11.1 Å². The number of hydrogen-bond acceptors (Lipinski definition) is 4. The Hall–Kier alpha value is -2.08. The van der Waals surface area contributed by atoms with Gasteiger partial charge in [-0.15, -0.1) is 0 Å². The molecule has 0 fully saturated rings. The van der Waals surface area contributed by atoms with Crippen LogP contribution >= 0.6 is 0 Å². The van der Waals surface area contributed by atoms with E-state index in [1.807, 2.05) is 12.1 Å². The van der Waals surface area contributed by atoms with Crippen molar-refractivity contribution in [3.63, 3.8) is 0 Å². The van der Waals surface area contributed by atoms with E-state index >= 15 is 0 Å². The minimum Gasteiger partial charge on any atom is -0.468 e. The Morgan fingerprint density at radius 1 is 1.28 bits per heavy atom. The van der Waals surface area contributed by atoms with Crippen molar-refractivity contribution in [1.82, 2.24) is 14.5 Å². The summed E-state index contributed by atoms with van der Waals surface area (Å²) in [5.74, 6) is 0.839. The van der Waals surface area contributed by atoms with Crippen molar-refractivity contribution in [2.24, 2.45) is 7.05 Å². The lowest BCUT2D eigenvalue weighted by Gasteiger charge is -2.06. The van der Waals surface area contributed by atoms with Gasteiger partial charge in [-0.3, -0.25) is 9.59 Å². The van der Waals surface area contributed by atoms with Crippen LogP contribution in [0.2, 0.25) is 0 Å². The van der Waals surface area contributed by atoms with E-state index in [2.05, 4.69) is 5.32 Å². The van der Waals surface area contributed by atoms with Gasteiger partial charge in [-0.2, -0.15) is 0 Å². The summed E-state index contributed by atoms with van der Waals surface area (Å²) in [5.41, 5.74) is -1.01. The molecule has 0 saturated carbocycles. The van der Waals surface area contributed by atoms with Crippen molar-refractivity contribution in [2.75, 3.05) is 6.54 Å². The van der Waals surface area contributed by atoms with Crippen LogP contribution in [0.25, 0.3) is 0 Å². The maximum absolute atomic E-state index is 11.6. The Morgan fingerprint density at radius 3 is 2.83 bits per heavy atom. The molecule has 2 rings (SSSR count). The molecule has 0 amide bonds. The molecule has 2 aromatic rings. The highest BCUT2D eigenvalue weighted by atomic mass is 16.3. The molecule has 1 N–H and O–H groups in total. The summed E-state index contributed by atoms with van der Waals surface area (Å²) < 4.78 is 7.83. The summed E-state index contributed by atoms with van der Waals surface area (Å²) in [6.45, 7) is 1.65. The molecule has 18 heavy (non-hydrogen) atoms. The molecule has 0 unspecified atom stereocenters. The van der Waals surface area contributed by atoms with Crippen LogP contribution < -0.4 is 16.4 Å². The molecule has 2 aromatic heterocycles. The van der Waals surface area contributed by atoms with Crippen molar-refractivity contribution in [3.05, 3.63) is 57.3 Å². The summed E-state index contributed by atoms with van der Waals surface area (Å²) in [7, 11) is 1.56. The average molecular weight is 249 g/mol. The summed E-state index contributed by atoms with van der Waals surface area (Å²) in [6.07, 6.45) is 4.80. The second kappa shape index (κ2) is 5.50. The molecule has 6 heteroatoms. The predicted octanol–water partition coefficient (Wildman–Crippen LogP) is -0.0702. The van der Waals surface area contributed by atoms with Crippen LogP contribution in [0.4, 0.5) is 0 Å². The van der Waals surface area contributed by atoms with Gasteiger partial charge in [0.1, 0.15) is 5.76 Å². The SMILES string of the molecule is Cn1ccn(CCNCc2ccco2)c(=O)c1=O. The molecule has 0 aromatic carbocycles. The van der Waals surface area contributed by atoms with Gasteiger partial charge in [0.15, 0.2) is 0 Å². The van der Waals surface area contributed by atoms with Crippen molar-refractivity contribution in [2.45, 2.75) is 13.1 Å². The average Bonchev–Trinajstić information content (AvgIpc) is 2.87.